The van der Waals surface area contributed by atoms with E-state index in [-0.39, 0.29) is 29.1 Å². The lowest BCUT2D eigenvalue weighted by Crippen LogP contribution is -2.33. The highest BCUT2D eigenvalue weighted by atomic mass is 16.2. The van der Waals surface area contributed by atoms with Crippen LogP contribution in [0.1, 0.15) is 38.5 Å². The molecule has 96 valence electrons. The summed E-state index contributed by atoms with van der Waals surface area (Å²) in [7, 11) is 0. The molecule has 4 amide bonds. The number of nitrogens with one attached hydrogen (secondary N) is 2. The van der Waals surface area contributed by atoms with Crippen LogP contribution in [0.15, 0.2) is 0 Å². The molecule has 7 heteroatoms. The molecule has 0 aromatic carbocycles. The SMILES string of the molecule is O.O=C1CCCC(=O)N1.O=C1CCCC(=O)N1. The van der Waals surface area contributed by atoms with Crippen molar-refractivity contribution in [3.05, 3.63) is 0 Å². The Balaban J connectivity index is 0.000000284. The van der Waals surface area contributed by atoms with Gasteiger partial charge in [-0.15, -0.1) is 0 Å². The van der Waals surface area contributed by atoms with Gasteiger partial charge in [0.2, 0.25) is 23.6 Å². The third-order valence-electron chi connectivity index (χ3n) is 2.17. The molecule has 0 aromatic rings. The summed E-state index contributed by atoms with van der Waals surface area (Å²) in [5.74, 6) is -0.551. The standard InChI is InChI=1S/2C5H7NO2.H2O/c2*7-4-2-1-3-5(8)6-4;/h2*1-3H2,(H,6,7,8);1H2. The highest BCUT2D eigenvalue weighted by Crippen LogP contribution is 2.00. The average molecular weight is 244 g/mol. The van der Waals surface area contributed by atoms with E-state index < -0.39 is 0 Å². The zero-order chi connectivity index (χ0) is 12.0. The van der Waals surface area contributed by atoms with Crippen LogP contribution in [0, 0.1) is 0 Å². The van der Waals surface area contributed by atoms with Crippen molar-refractivity contribution >= 4 is 23.6 Å². The number of hydrogen-bond donors (Lipinski definition) is 2. The molecule has 0 atom stereocenters. The molecule has 0 saturated carbocycles. The lowest BCUT2D eigenvalue weighted by atomic mass is 10.1. The van der Waals surface area contributed by atoms with Gasteiger partial charge in [0.1, 0.15) is 0 Å². The number of piperidine rings is 2. The van der Waals surface area contributed by atoms with Gasteiger partial charge in [0.15, 0.2) is 0 Å². The topological polar surface area (TPSA) is 124 Å². The molecule has 7 nitrogen and oxygen atoms in total. The normalized spacial score (nSPS) is 19.3. The van der Waals surface area contributed by atoms with Gasteiger partial charge < -0.3 is 5.48 Å². The summed E-state index contributed by atoms with van der Waals surface area (Å²) in [4.78, 5) is 41.4. The molecule has 0 unspecified atom stereocenters. The fraction of sp³-hybridized carbons (Fsp3) is 0.600. The maximum atomic E-state index is 10.3. The lowest BCUT2D eigenvalue weighted by Gasteiger charge is -2.07. The summed E-state index contributed by atoms with van der Waals surface area (Å²) in [6.45, 7) is 0. The molecule has 17 heavy (non-hydrogen) atoms. The maximum Gasteiger partial charge on any atom is 0.226 e. The average Bonchev–Trinajstić information content (AvgIpc) is 2.17. The molecular formula is C10H16N2O5. The first-order chi connectivity index (χ1) is 7.58. The molecule has 2 aliphatic heterocycles. The minimum Gasteiger partial charge on any atom is -0.412 e. The van der Waals surface area contributed by atoms with Crippen molar-refractivity contribution < 1.29 is 24.7 Å². The largest absolute Gasteiger partial charge is 0.412 e. The lowest BCUT2D eigenvalue weighted by molar-refractivity contribution is -0.134. The Morgan fingerprint density at radius 1 is 0.588 bits per heavy atom. The molecule has 2 heterocycles. The fourth-order valence-corrected chi connectivity index (χ4v) is 1.38. The monoisotopic (exact) mass is 244 g/mol. The van der Waals surface area contributed by atoms with Crippen LogP contribution in [0.4, 0.5) is 0 Å². The Morgan fingerprint density at radius 2 is 0.824 bits per heavy atom. The van der Waals surface area contributed by atoms with E-state index in [1.165, 1.54) is 0 Å². The maximum absolute atomic E-state index is 10.3. The van der Waals surface area contributed by atoms with E-state index in [1.807, 2.05) is 0 Å². The quantitative estimate of drug-likeness (QED) is 0.519. The molecule has 0 spiro atoms. The Morgan fingerprint density at radius 3 is 0.941 bits per heavy atom. The predicted octanol–water partition coefficient (Wildman–Crippen LogP) is -1.20. The first kappa shape index (κ1) is 15.2. The molecule has 0 bridgehead atoms. The van der Waals surface area contributed by atoms with Crippen LogP contribution in [0.5, 0.6) is 0 Å². The number of rotatable bonds is 0. The zero-order valence-corrected chi connectivity index (χ0v) is 9.38. The first-order valence-corrected chi connectivity index (χ1v) is 5.23. The van der Waals surface area contributed by atoms with Gasteiger partial charge in [0.05, 0.1) is 0 Å². The second-order valence-electron chi connectivity index (χ2n) is 3.65. The smallest absolute Gasteiger partial charge is 0.226 e. The summed E-state index contributed by atoms with van der Waals surface area (Å²) >= 11 is 0. The predicted molar refractivity (Wildman–Crippen MR) is 57.6 cm³/mol. The van der Waals surface area contributed by atoms with Crippen molar-refractivity contribution in [2.45, 2.75) is 38.5 Å². The van der Waals surface area contributed by atoms with Crippen molar-refractivity contribution in [3.8, 4) is 0 Å². The van der Waals surface area contributed by atoms with Crippen LogP contribution < -0.4 is 10.6 Å². The van der Waals surface area contributed by atoms with Crippen LogP contribution in [0.2, 0.25) is 0 Å². The van der Waals surface area contributed by atoms with Crippen molar-refractivity contribution in [1.82, 2.24) is 10.6 Å². The van der Waals surface area contributed by atoms with E-state index in [2.05, 4.69) is 10.6 Å². The molecule has 2 fully saturated rings. The summed E-state index contributed by atoms with van der Waals surface area (Å²) in [5, 5.41) is 4.40. The molecular weight excluding hydrogens is 228 g/mol. The molecule has 4 N–H and O–H groups in total. The van der Waals surface area contributed by atoms with Crippen molar-refractivity contribution in [2.75, 3.05) is 0 Å². The fourth-order valence-electron chi connectivity index (χ4n) is 1.38. The van der Waals surface area contributed by atoms with Gasteiger partial charge in [-0.05, 0) is 12.8 Å². The van der Waals surface area contributed by atoms with Crippen LogP contribution in [-0.4, -0.2) is 29.1 Å². The van der Waals surface area contributed by atoms with E-state index in [9.17, 15) is 19.2 Å². The number of carbonyl (C=O) groups excluding carboxylic acids is 4. The van der Waals surface area contributed by atoms with E-state index >= 15 is 0 Å². The highest BCUT2D eigenvalue weighted by Gasteiger charge is 2.13. The van der Waals surface area contributed by atoms with Gasteiger partial charge in [-0.2, -0.15) is 0 Å². The van der Waals surface area contributed by atoms with Crippen LogP contribution in [0.3, 0.4) is 0 Å². The van der Waals surface area contributed by atoms with E-state index in [0.29, 0.717) is 38.5 Å². The van der Waals surface area contributed by atoms with Crippen molar-refractivity contribution in [1.29, 1.82) is 0 Å². The van der Waals surface area contributed by atoms with Crippen molar-refractivity contribution in [2.24, 2.45) is 0 Å². The molecule has 0 radical (unpaired) electrons. The van der Waals surface area contributed by atoms with Gasteiger partial charge in [-0.25, -0.2) is 0 Å². The second kappa shape index (κ2) is 7.50. The van der Waals surface area contributed by atoms with Gasteiger partial charge in [0, 0.05) is 25.7 Å². The van der Waals surface area contributed by atoms with Gasteiger partial charge in [0.25, 0.3) is 0 Å². The molecule has 2 rings (SSSR count). The number of imide groups is 2. The Kier molecular flexibility index (Phi) is 6.73. The summed E-state index contributed by atoms with van der Waals surface area (Å²) < 4.78 is 0. The van der Waals surface area contributed by atoms with Gasteiger partial charge >= 0.3 is 0 Å². The highest BCUT2D eigenvalue weighted by molar-refractivity contribution is 5.97. The number of hydrogen-bond acceptors (Lipinski definition) is 4. The third kappa shape index (κ3) is 6.41. The van der Waals surface area contributed by atoms with Crippen LogP contribution in [0.25, 0.3) is 0 Å². The molecule has 2 aliphatic rings. The third-order valence-corrected chi connectivity index (χ3v) is 2.17. The second-order valence-corrected chi connectivity index (χ2v) is 3.65. The van der Waals surface area contributed by atoms with E-state index in [1.54, 1.807) is 0 Å². The first-order valence-electron chi connectivity index (χ1n) is 5.23. The Labute approximate surface area is 98.2 Å². The number of carbonyl (C=O) groups is 4. The summed E-state index contributed by atoms with van der Waals surface area (Å²) in [5.41, 5.74) is 0. The van der Waals surface area contributed by atoms with Crippen LogP contribution in [-0.2, 0) is 19.2 Å². The molecule has 0 aliphatic carbocycles. The minimum atomic E-state index is -0.138. The van der Waals surface area contributed by atoms with Gasteiger partial charge in [-0.3, -0.25) is 29.8 Å². The Bertz CT molecular complexity index is 267. The summed E-state index contributed by atoms with van der Waals surface area (Å²) in [6, 6.07) is 0. The Hall–Kier alpha value is -1.76. The van der Waals surface area contributed by atoms with Gasteiger partial charge in [-0.1, -0.05) is 0 Å². The summed E-state index contributed by atoms with van der Waals surface area (Å²) in [6.07, 6.45) is 3.45. The minimum absolute atomic E-state index is 0. The van der Waals surface area contributed by atoms with Crippen molar-refractivity contribution in [3.63, 3.8) is 0 Å². The molecule has 0 aromatic heterocycles. The van der Waals surface area contributed by atoms with E-state index in [0.717, 1.165) is 0 Å². The zero-order valence-electron chi connectivity index (χ0n) is 9.38. The van der Waals surface area contributed by atoms with Crippen LogP contribution >= 0.6 is 0 Å². The van der Waals surface area contributed by atoms with E-state index in [4.69, 9.17) is 0 Å². The molecule has 2 saturated heterocycles. The number of amides is 4.